The zero-order valence-corrected chi connectivity index (χ0v) is 56.8. The second-order valence-electron chi connectivity index (χ2n) is 30.4. The van der Waals surface area contributed by atoms with E-state index in [1.165, 1.54) is 49.7 Å². The molecule has 9 aliphatic carbocycles. The second kappa shape index (κ2) is 26.3. The molecule has 0 radical (unpaired) electrons. The number of phenols is 2. The molecular formula is C78H93N3O8S4. The number of carbonyl (C=O) groups excluding carboxylic acids is 2. The quantitative estimate of drug-likeness (QED) is 0.0470. The molecule has 492 valence electrons. The standard InChI is InChI=1S/C78H93N3O8S4/c79-74(80)60-35-49-7-5-9-68-58(23-30-81-68)71(86)38-62-59(49)37-51(60)41-90-91-42-53-39-75(27-20-54(83)15-10-46-12-19-70(85)72(33-46)89-31-24-47-11-18-69(84)63(62)32-47)28-21-57-61-36-48-6-1-2-8-55(48)64(40-82)65(43-92-93-45-77(53,87)44-75)56(61)16-14-52-34-50-13-17-66(57)78(52,88)67-22-29-76(73(50)67)25-3-4-26-76/h1-2,6,8,11-12,18-20,23,27,30,32-33,35,37,50,52-53,56-57,61-62,64-67,73-74,81-82,84-85,87-88H,3-4,9-10,13-17,21-22,24-26,28-29,31,34,36,38-45,79-80H2/b27-20+/t50-,52+,53+,56-,57-,61-,62+,64-,65-,66+,67-,73-,75-,77-,78+/m1/s1. The topological polar surface area (TPSA) is 212 Å². The highest BCUT2D eigenvalue weighted by molar-refractivity contribution is 8.77. The van der Waals surface area contributed by atoms with Gasteiger partial charge in [0, 0.05) is 82.7 Å². The van der Waals surface area contributed by atoms with Crippen LogP contribution in [0.3, 0.4) is 0 Å². The monoisotopic (exact) mass is 1330 g/mol. The molecule has 1 aromatic heterocycles. The number of phenolic OH excluding ortho intramolecular Hbond substituents is 2. The number of hydrogen-bond acceptors (Lipinski definition) is 14. The summed E-state index contributed by atoms with van der Waals surface area (Å²) in [4.78, 5) is 32.5. The van der Waals surface area contributed by atoms with E-state index in [0.29, 0.717) is 107 Å². The average Bonchev–Trinajstić information content (AvgIpc) is 1.56. The van der Waals surface area contributed by atoms with Crippen molar-refractivity contribution in [3.8, 4) is 29.1 Å². The molecule has 15 atom stereocenters. The fraction of sp³-hybridized carbons (Fsp3) is 0.564. The Kier molecular flexibility index (Phi) is 18.2. The lowest BCUT2D eigenvalue weighted by Crippen LogP contribution is -2.60. The first-order chi connectivity index (χ1) is 45.1. The molecule has 3 heterocycles. The summed E-state index contributed by atoms with van der Waals surface area (Å²) in [6.45, 7) is 0.313. The van der Waals surface area contributed by atoms with Crippen molar-refractivity contribution < 1.29 is 39.9 Å². The minimum atomic E-state index is -1.08. The molecule has 7 saturated carbocycles. The molecule has 16 rings (SSSR count). The Morgan fingerprint density at radius 2 is 1.55 bits per heavy atom. The number of Topliss-reactive ketones (excluding diaryl/α,β-unsaturated/α-hetero) is 1. The van der Waals surface area contributed by atoms with Crippen molar-refractivity contribution >= 4 is 54.7 Å². The Morgan fingerprint density at radius 1 is 0.720 bits per heavy atom. The molecule has 8 fully saturated rings. The highest BCUT2D eigenvalue weighted by atomic mass is 33.1. The van der Waals surface area contributed by atoms with Gasteiger partial charge in [-0.25, -0.2) is 0 Å². The van der Waals surface area contributed by atoms with E-state index in [4.69, 9.17) is 16.2 Å². The molecule has 10 N–H and O–H groups in total. The van der Waals surface area contributed by atoms with E-state index in [1.807, 2.05) is 53.3 Å². The number of nitrogens with two attached hydrogens (primary N) is 2. The van der Waals surface area contributed by atoms with Gasteiger partial charge >= 0.3 is 0 Å². The third kappa shape index (κ3) is 12.0. The van der Waals surface area contributed by atoms with Crippen LogP contribution in [0.25, 0.3) is 0 Å². The summed E-state index contributed by atoms with van der Waals surface area (Å²) in [6.07, 6.45) is 23.7. The molecule has 2 aliphatic heterocycles. The van der Waals surface area contributed by atoms with Gasteiger partial charge in [-0.2, -0.15) is 0 Å². The van der Waals surface area contributed by atoms with Crippen LogP contribution in [0.5, 0.6) is 17.2 Å². The number of allylic oxidation sites excluding steroid dienone is 2. The zero-order chi connectivity index (χ0) is 63.8. The maximum atomic E-state index is 14.6. The Balaban J connectivity index is 0.815. The summed E-state index contributed by atoms with van der Waals surface area (Å²) in [6, 6.07) is 25.7. The lowest BCUT2D eigenvalue weighted by atomic mass is 9.49. The predicted octanol–water partition coefficient (Wildman–Crippen LogP) is 14.5. The number of ketones is 2. The molecule has 11 aliphatic rings. The molecule has 2 spiro atoms. The Hall–Kier alpha value is -4.60. The number of fused-ring (bicyclic) bond motifs is 12. The van der Waals surface area contributed by atoms with Gasteiger partial charge in [0.2, 0.25) is 0 Å². The van der Waals surface area contributed by atoms with E-state index in [0.717, 1.165) is 90.6 Å². The van der Waals surface area contributed by atoms with Crippen LogP contribution in [0, 0.1) is 81.8 Å². The third-order valence-electron chi connectivity index (χ3n) is 25.9. The van der Waals surface area contributed by atoms with Crippen LogP contribution >= 0.6 is 43.2 Å². The predicted molar refractivity (Wildman–Crippen MR) is 375 cm³/mol. The van der Waals surface area contributed by atoms with Crippen molar-refractivity contribution in [2.24, 2.45) is 81.5 Å². The molecule has 15 heteroatoms. The van der Waals surface area contributed by atoms with Crippen molar-refractivity contribution in [1.29, 1.82) is 0 Å². The number of aliphatic hydroxyl groups excluding tert-OH is 1. The van der Waals surface area contributed by atoms with Crippen LogP contribution in [0.2, 0.25) is 0 Å². The van der Waals surface area contributed by atoms with Crippen molar-refractivity contribution in [3.05, 3.63) is 159 Å². The summed E-state index contributed by atoms with van der Waals surface area (Å²) in [5, 5.41) is 63.1. The first-order valence-corrected chi connectivity index (χ1v) is 40.1. The molecule has 4 aromatic carbocycles. The maximum Gasteiger partial charge on any atom is 0.165 e. The molecule has 0 unspecified atom stereocenters. The smallest absolute Gasteiger partial charge is 0.165 e. The van der Waals surface area contributed by atoms with Crippen LogP contribution in [0.4, 0.5) is 0 Å². The first-order valence-electron chi connectivity index (χ1n) is 35.1. The van der Waals surface area contributed by atoms with Gasteiger partial charge in [0.15, 0.2) is 23.1 Å². The number of aromatic hydroxyl groups is 2. The number of ether oxygens (including phenoxy) is 1. The summed E-state index contributed by atoms with van der Waals surface area (Å²) in [5.41, 5.74) is 20.9. The number of H-pyrrole nitrogens is 1. The van der Waals surface area contributed by atoms with Gasteiger partial charge in [-0.1, -0.05) is 122 Å². The highest BCUT2D eigenvalue weighted by Gasteiger charge is 2.68. The van der Waals surface area contributed by atoms with Crippen molar-refractivity contribution in [2.45, 2.75) is 170 Å². The molecule has 0 amide bonds. The van der Waals surface area contributed by atoms with E-state index in [9.17, 15) is 35.1 Å². The van der Waals surface area contributed by atoms with E-state index in [1.54, 1.807) is 50.7 Å². The van der Waals surface area contributed by atoms with Gasteiger partial charge in [0.25, 0.3) is 0 Å². The van der Waals surface area contributed by atoms with Crippen LogP contribution in [-0.4, -0.2) is 83.8 Å². The number of rotatable bonds is 2. The molecule has 93 heavy (non-hydrogen) atoms. The summed E-state index contributed by atoms with van der Waals surface area (Å²) in [7, 11) is 7.15. The minimum absolute atomic E-state index is 0.000317. The van der Waals surface area contributed by atoms with E-state index < -0.39 is 28.7 Å². The fourth-order valence-corrected chi connectivity index (χ4v) is 27.2. The number of aryl methyl sites for hydroxylation is 1. The van der Waals surface area contributed by atoms with E-state index in [-0.39, 0.29) is 84.6 Å². The third-order valence-corrected chi connectivity index (χ3v) is 30.8. The SMILES string of the molecule is NC(N)c1cc2c3cc1CSSC[C@@H]1C[C@@]4(/C=C/C(=O)CCc5ccc(O)c(c5)OCCc5ccc(O)c(c5)[C@H]3CC(=O)c3cc[nH]c3CC#C2)CC[C@@H]2[C@@H]3Cc5ccccc5[C@@H](CO)[C@H](CSSC[C@]1(O)C4)[C@@H]3CC[C@H]1C[C@H]3CC[C@@H]2[C@]1(O)[C@@H]1CCC2(CCCC2)[C@H]31. The Bertz CT molecular complexity index is 3740. The molecular weight excluding hydrogens is 1240 g/mol. The Morgan fingerprint density at radius 3 is 2.40 bits per heavy atom. The number of aliphatic hydroxyl groups is 3. The summed E-state index contributed by atoms with van der Waals surface area (Å²) in [5.74, 6) is 12.1. The zero-order valence-electron chi connectivity index (χ0n) is 53.6. The van der Waals surface area contributed by atoms with Gasteiger partial charge in [-0.05, 0) is 242 Å². The number of aromatic amines is 1. The van der Waals surface area contributed by atoms with Crippen molar-refractivity contribution in [1.82, 2.24) is 4.98 Å². The number of hydrogen-bond donors (Lipinski definition) is 8. The van der Waals surface area contributed by atoms with E-state index >= 15 is 0 Å². The van der Waals surface area contributed by atoms with Gasteiger partial charge < -0.3 is 46.7 Å². The molecule has 1 saturated heterocycles. The maximum absolute atomic E-state index is 14.6. The summed E-state index contributed by atoms with van der Waals surface area (Å²) < 4.78 is 6.33. The largest absolute Gasteiger partial charge is 0.508 e. The number of benzene rings is 4. The normalized spacial score (nSPS) is 35.4. The minimum Gasteiger partial charge on any atom is -0.508 e. The average molecular weight is 1330 g/mol. The lowest BCUT2D eigenvalue weighted by molar-refractivity contribution is -0.187. The van der Waals surface area contributed by atoms with Crippen LogP contribution < -0.4 is 16.2 Å². The van der Waals surface area contributed by atoms with Gasteiger partial charge in [0.05, 0.1) is 37.0 Å². The van der Waals surface area contributed by atoms with Gasteiger partial charge in [-0.3, -0.25) is 9.59 Å². The Labute approximate surface area is 565 Å². The van der Waals surface area contributed by atoms with Crippen molar-refractivity contribution in [3.63, 3.8) is 0 Å². The first kappa shape index (κ1) is 64.4. The van der Waals surface area contributed by atoms with E-state index in [2.05, 4.69) is 53.2 Å². The van der Waals surface area contributed by atoms with Crippen LogP contribution in [0.1, 0.15) is 193 Å². The number of aromatic nitrogens is 1. The second-order valence-corrected chi connectivity index (χ2v) is 35.4. The molecule has 5 aromatic rings. The van der Waals surface area contributed by atoms with Crippen LogP contribution in [0.15, 0.2) is 97.2 Å². The highest BCUT2D eigenvalue weighted by Crippen LogP contribution is 2.72. The van der Waals surface area contributed by atoms with Gasteiger partial charge in [0.1, 0.15) is 5.75 Å². The summed E-state index contributed by atoms with van der Waals surface area (Å²) >= 11 is 0. The lowest BCUT2D eigenvalue weighted by Gasteiger charge is -2.58. The molecule has 11 nitrogen and oxygen atoms in total. The van der Waals surface area contributed by atoms with Crippen molar-refractivity contribution in [2.75, 3.05) is 30.5 Å². The fourth-order valence-electron chi connectivity index (χ4n) is 21.7. The van der Waals surface area contributed by atoms with Gasteiger partial charge in [-0.15, -0.1) is 0 Å². The number of nitrogens with one attached hydrogen (secondary N) is 1. The number of carbonyl (C=O) groups is 2. The molecule has 17 bridgehead atoms. The van der Waals surface area contributed by atoms with Crippen LogP contribution in [-0.2, 0) is 36.2 Å².